The van der Waals surface area contributed by atoms with Crippen molar-refractivity contribution in [1.29, 1.82) is 0 Å². The number of carboxylic acids is 1. The first-order valence-electron chi connectivity index (χ1n) is 5.23. The quantitative estimate of drug-likeness (QED) is 0.818. The minimum absolute atomic E-state index is 0. The van der Waals surface area contributed by atoms with Crippen molar-refractivity contribution in [1.82, 2.24) is 4.90 Å². The van der Waals surface area contributed by atoms with Crippen LogP contribution >= 0.6 is 12.4 Å². The Balaban J connectivity index is 0.00000324. The lowest BCUT2D eigenvalue weighted by atomic mass is 10.2. The molecule has 0 spiro atoms. The number of sulfonamides is 1. The van der Waals surface area contributed by atoms with Gasteiger partial charge in [-0.05, 0) is 24.7 Å². The summed E-state index contributed by atoms with van der Waals surface area (Å²) in [5.41, 5.74) is 1.40. The SMILES string of the molecule is CN(CC(=O)O)Cc1ccc(NS(C)(=O)=O)cc1.Cl. The number of hydrogen-bond donors (Lipinski definition) is 2. The number of carboxylic acid groups (broad SMARTS) is 1. The first-order chi connectivity index (χ1) is 8.26. The Hall–Kier alpha value is -1.31. The molecule has 108 valence electrons. The van der Waals surface area contributed by atoms with Crippen LogP contribution in [0, 0.1) is 0 Å². The molecule has 0 aliphatic carbocycles. The molecule has 0 aliphatic heterocycles. The highest BCUT2D eigenvalue weighted by atomic mass is 35.5. The number of aliphatic carboxylic acids is 1. The molecule has 0 bridgehead atoms. The molecule has 1 rings (SSSR count). The maximum Gasteiger partial charge on any atom is 0.317 e. The van der Waals surface area contributed by atoms with Crippen LogP contribution in [0.1, 0.15) is 5.56 Å². The highest BCUT2D eigenvalue weighted by Crippen LogP contribution is 2.12. The summed E-state index contributed by atoms with van der Waals surface area (Å²) in [5, 5.41) is 8.62. The molecule has 0 aromatic heterocycles. The molecule has 0 heterocycles. The maximum absolute atomic E-state index is 11.0. The number of benzene rings is 1. The van der Waals surface area contributed by atoms with Gasteiger partial charge in [-0.1, -0.05) is 12.1 Å². The molecule has 8 heteroatoms. The van der Waals surface area contributed by atoms with E-state index in [1.165, 1.54) is 0 Å². The lowest BCUT2D eigenvalue weighted by Gasteiger charge is -2.14. The van der Waals surface area contributed by atoms with Crippen molar-refractivity contribution in [2.24, 2.45) is 0 Å². The molecule has 0 aliphatic rings. The molecule has 0 unspecified atom stereocenters. The lowest BCUT2D eigenvalue weighted by Crippen LogP contribution is -2.25. The van der Waals surface area contributed by atoms with Gasteiger partial charge < -0.3 is 5.11 Å². The molecule has 6 nitrogen and oxygen atoms in total. The van der Waals surface area contributed by atoms with Gasteiger partial charge in [0, 0.05) is 12.2 Å². The molecule has 19 heavy (non-hydrogen) atoms. The second-order valence-electron chi connectivity index (χ2n) is 4.14. The maximum atomic E-state index is 11.0. The van der Waals surface area contributed by atoms with E-state index in [4.69, 9.17) is 5.11 Å². The first kappa shape index (κ1) is 17.7. The summed E-state index contributed by atoms with van der Waals surface area (Å²) in [6.07, 6.45) is 1.08. The minimum Gasteiger partial charge on any atom is -0.480 e. The van der Waals surface area contributed by atoms with E-state index in [1.54, 1.807) is 36.2 Å². The molecule has 0 saturated carbocycles. The van der Waals surface area contributed by atoms with Crippen LogP contribution in [-0.4, -0.2) is 44.2 Å². The average molecular weight is 309 g/mol. The van der Waals surface area contributed by atoms with E-state index in [0.29, 0.717) is 12.2 Å². The summed E-state index contributed by atoms with van der Waals surface area (Å²) >= 11 is 0. The highest BCUT2D eigenvalue weighted by molar-refractivity contribution is 7.92. The van der Waals surface area contributed by atoms with Crippen molar-refractivity contribution in [3.05, 3.63) is 29.8 Å². The summed E-state index contributed by atoms with van der Waals surface area (Å²) in [6.45, 7) is 0.453. The normalized spacial score (nSPS) is 10.9. The molecule has 1 aromatic rings. The van der Waals surface area contributed by atoms with Gasteiger partial charge in [-0.25, -0.2) is 8.42 Å². The second-order valence-corrected chi connectivity index (χ2v) is 5.89. The third-order valence-corrected chi connectivity index (χ3v) is 2.72. The Morgan fingerprint density at radius 3 is 2.26 bits per heavy atom. The third-order valence-electron chi connectivity index (χ3n) is 2.11. The number of likely N-dealkylation sites (N-methyl/N-ethyl adjacent to an activating group) is 1. The van der Waals surface area contributed by atoms with Crippen LogP contribution in [0.15, 0.2) is 24.3 Å². The van der Waals surface area contributed by atoms with Gasteiger partial charge in [-0.2, -0.15) is 0 Å². The van der Waals surface area contributed by atoms with Crippen molar-refractivity contribution < 1.29 is 18.3 Å². The molecule has 0 fully saturated rings. The van der Waals surface area contributed by atoms with Gasteiger partial charge in [0.2, 0.25) is 10.0 Å². The summed E-state index contributed by atoms with van der Waals surface area (Å²) in [4.78, 5) is 12.1. The highest BCUT2D eigenvalue weighted by Gasteiger charge is 2.06. The van der Waals surface area contributed by atoms with Gasteiger partial charge in [0.05, 0.1) is 12.8 Å². The fourth-order valence-electron chi connectivity index (χ4n) is 1.49. The lowest BCUT2D eigenvalue weighted by molar-refractivity contribution is -0.138. The molecular weight excluding hydrogens is 292 g/mol. The number of halogens is 1. The summed E-state index contributed by atoms with van der Waals surface area (Å²) < 4.78 is 24.4. The fourth-order valence-corrected chi connectivity index (χ4v) is 2.05. The van der Waals surface area contributed by atoms with E-state index < -0.39 is 16.0 Å². The van der Waals surface area contributed by atoms with Crippen LogP contribution in [0.5, 0.6) is 0 Å². The topological polar surface area (TPSA) is 86.7 Å². The molecule has 2 N–H and O–H groups in total. The number of rotatable bonds is 6. The number of hydrogen-bond acceptors (Lipinski definition) is 4. The Morgan fingerprint density at radius 1 is 1.32 bits per heavy atom. The van der Waals surface area contributed by atoms with Crippen LogP contribution < -0.4 is 4.72 Å². The van der Waals surface area contributed by atoms with E-state index in [9.17, 15) is 13.2 Å². The standard InChI is InChI=1S/C11H16N2O4S.ClH/c1-13(8-11(14)15)7-9-3-5-10(6-4-9)12-18(2,16)17;/h3-6,12H,7-8H2,1-2H3,(H,14,15);1H. The molecule has 0 atom stereocenters. The van der Waals surface area contributed by atoms with Crippen molar-refractivity contribution in [3.8, 4) is 0 Å². The zero-order valence-electron chi connectivity index (χ0n) is 10.7. The van der Waals surface area contributed by atoms with Gasteiger partial charge in [0.1, 0.15) is 0 Å². The minimum atomic E-state index is -3.27. The van der Waals surface area contributed by atoms with E-state index in [0.717, 1.165) is 11.8 Å². The number of nitrogens with zero attached hydrogens (tertiary/aromatic N) is 1. The molecule has 0 amide bonds. The number of anilines is 1. The van der Waals surface area contributed by atoms with Crippen molar-refractivity contribution in [2.45, 2.75) is 6.54 Å². The zero-order chi connectivity index (χ0) is 13.8. The predicted octanol–water partition coefficient (Wildman–Crippen LogP) is 0.996. The number of nitrogens with one attached hydrogen (secondary N) is 1. The van der Waals surface area contributed by atoms with Crippen LogP contribution in [0.3, 0.4) is 0 Å². The Labute approximate surface area is 118 Å². The van der Waals surface area contributed by atoms with E-state index >= 15 is 0 Å². The second kappa shape index (κ2) is 7.32. The van der Waals surface area contributed by atoms with Gasteiger partial charge >= 0.3 is 5.97 Å². The Morgan fingerprint density at radius 2 is 1.84 bits per heavy atom. The van der Waals surface area contributed by atoms with Gasteiger partial charge in [-0.15, -0.1) is 12.4 Å². The smallest absolute Gasteiger partial charge is 0.317 e. The number of carbonyl (C=O) groups is 1. The van der Waals surface area contributed by atoms with Gasteiger partial charge in [0.25, 0.3) is 0 Å². The summed E-state index contributed by atoms with van der Waals surface area (Å²) in [7, 11) is -1.56. The molecule has 1 aromatic carbocycles. The zero-order valence-corrected chi connectivity index (χ0v) is 12.3. The van der Waals surface area contributed by atoms with Crippen LogP contribution in [0.4, 0.5) is 5.69 Å². The van der Waals surface area contributed by atoms with Crippen LogP contribution in [-0.2, 0) is 21.4 Å². The van der Waals surface area contributed by atoms with E-state index in [2.05, 4.69) is 4.72 Å². The van der Waals surface area contributed by atoms with Crippen molar-refractivity contribution in [2.75, 3.05) is 24.6 Å². The molecular formula is C11H17ClN2O4S. The van der Waals surface area contributed by atoms with Crippen molar-refractivity contribution in [3.63, 3.8) is 0 Å². The summed E-state index contributed by atoms with van der Waals surface area (Å²) in [5.74, 6) is -0.882. The molecule has 0 radical (unpaired) electrons. The first-order valence-corrected chi connectivity index (χ1v) is 7.12. The Bertz CT molecular complexity index is 516. The van der Waals surface area contributed by atoms with E-state index in [-0.39, 0.29) is 19.0 Å². The fraction of sp³-hybridized carbons (Fsp3) is 0.364. The molecule has 0 saturated heterocycles. The van der Waals surface area contributed by atoms with Crippen LogP contribution in [0.2, 0.25) is 0 Å². The van der Waals surface area contributed by atoms with E-state index in [1.807, 2.05) is 0 Å². The van der Waals surface area contributed by atoms with Crippen molar-refractivity contribution >= 4 is 34.1 Å². The average Bonchev–Trinajstić information content (AvgIpc) is 2.17. The predicted molar refractivity (Wildman–Crippen MR) is 76.1 cm³/mol. The monoisotopic (exact) mass is 308 g/mol. The largest absolute Gasteiger partial charge is 0.480 e. The summed E-state index contributed by atoms with van der Waals surface area (Å²) in [6, 6.07) is 6.80. The van der Waals surface area contributed by atoms with Gasteiger partial charge in [-0.3, -0.25) is 14.4 Å². The van der Waals surface area contributed by atoms with Gasteiger partial charge in [0.15, 0.2) is 0 Å². The van der Waals surface area contributed by atoms with Crippen LogP contribution in [0.25, 0.3) is 0 Å². The Kier molecular flexibility index (Phi) is 6.82. The third kappa shape index (κ3) is 7.66.